The molecule has 0 aromatic heterocycles. The van der Waals surface area contributed by atoms with E-state index in [4.69, 9.17) is 4.74 Å². The van der Waals surface area contributed by atoms with Crippen LogP contribution in [0.5, 0.6) is 5.75 Å². The van der Waals surface area contributed by atoms with Crippen LogP contribution in [0.15, 0.2) is 18.2 Å². The van der Waals surface area contributed by atoms with Crippen LogP contribution in [0.1, 0.15) is 24.8 Å². The molecule has 2 rings (SSSR count). The van der Waals surface area contributed by atoms with E-state index in [2.05, 4.69) is 10.6 Å². The molecular formula is C15H20ClF3N2O2. The largest absolute Gasteiger partial charge is 0.484 e. The first-order chi connectivity index (χ1) is 10.3. The van der Waals surface area contributed by atoms with Gasteiger partial charge in [-0.15, -0.1) is 12.4 Å². The van der Waals surface area contributed by atoms with Crippen molar-refractivity contribution in [2.24, 2.45) is 0 Å². The second-order valence-corrected chi connectivity index (χ2v) is 5.38. The van der Waals surface area contributed by atoms with Crippen molar-refractivity contribution >= 4 is 24.0 Å². The molecule has 1 atom stereocenters. The number of benzene rings is 1. The molecule has 0 saturated carbocycles. The van der Waals surface area contributed by atoms with Crippen LogP contribution in [0.2, 0.25) is 0 Å². The molecular weight excluding hydrogens is 333 g/mol. The lowest BCUT2D eigenvalue weighted by Gasteiger charge is -2.22. The topological polar surface area (TPSA) is 50.4 Å². The summed E-state index contributed by atoms with van der Waals surface area (Å²) in [6, 6.07) is 4.37. The van der Waals surface area contributed by atoms with Gasteiger partial charge in [0.1, 0.15) is 5.75 Å². The van der Waals surface area contributed by atoms with Gasteiger partial charge in [0.15, 0.2) is 6.61 Å². The van der Waals surface area contributed by atoms with E-state index in [0.29, 0.717) is 11.3 Å². The molecule has 1 heterocycles. The molecule has 1 aromatic carbocycles. The molecule has 2 N–H and O–H groups in total. The van der Waals surface area contributed by atoms with Gasteiger partial charge in [-0.25, -0.2) is 0 Å². The van der Waals surface area contributed by atoms with Crippen LogP contribution in [0, 0.1) is 6.92 Å². The summed E-state index contributed by atoms with van der Waals surface area (Å²) >= 11 is 0. The molecule has 1 fully saturated rings. The maximum absolute atomic E-state index is 12.1. The molecule has 130 valence electrons. The van der Waals surface area contributed by atoms with Gasteiger partial charge < -0.3 is 15.4 Å². The summed E-state index contributed by atoms with van der Waals surface area (Å²) in [4.78, 5) is 12.1. The van der Waals surface area contributed by atoms with Crippen molar-refractivity contribution in [1.82, 2.24) is 5.32 Å². The number of rotatable bonds is 4. The first-order valence-corrected chi connectivity index (χ1v) is 7.19. The van der Waals surface area contributed by atoms with E-state index < -0.39 is 12.8 Å². The lowest BCUT2D eigenvalue weighted by Crippen LogP contribution is -2.43. The van der Waals surface area contributed by atoms with Crippen molar-refractivity contribution in [2.45, 2.75) is 38.4 Å². The first-order valence-electron chi connectivity index (χ1n) is 7.19. The number of hydrogen-bond acceptors (Lipinski definition) is 3. The van der Waals surface area contributed by atoms with Crippen LogP contribution in [0.3, 0.4) is 0 Å². The number of aryl methyl sites for hydroxylation is 1. The number of nitrogens with one attached hydrogen (secondary N) is 2. The number of carbonyl (C=O) groups excluding carboxylic acids is 1. The highest BCUT2D eigenvalue weighted by Gasteiger charge is 2.28. The van der Waals surface area contributed by atoms with E-state index in [9.17, 15) is 18.0 Å². The predicted octanol–water partition coefficient (Wildman–Crippen LogP) is 3.44. The van der Waals surface area contributed by atoms with Crippen molar-refractivity contribution in [3.8, 4) is 5.75 Å². The molecule has 0 spiro atoms. The Balaban J connectivity index is 0.00000264. The highest BCUT2D eigenvalue weighted by atomic mass is 35.5. The molecule has 1 aliphatic heterocycles. The van der Waals surface area contributed by atoms with E-state index in [1.165, 1.54) is 6.07 Å². The summed E-state index contributed by atoms with van der Waals surface area (Å²) in [5.41, 5.74) is 1.09. The summed E-state index contributed by atoms with van der Waals surface area (Å²) in [6.07, 6.45) is -1.51. The molecule has 4 nitrogen and oxygen atoms in total. The van der Waals surface area contributed by atoms with Gasteiger partial charge in [-0.3, -0.25) is 4.79 Å². The molecule has 1 unspecified atom stereocenters. The summed E-state index contributed by atoms with van der Waals surface area (Å²) in [7, 11) is 0. The van der Waals surface area contributed by atoms with Gasteiger partial charge in [0.2, 0.25) is 5.91 Å². The van der Waals surface area contributed by atoms with E-state index in [-0.39, 0.29) is 30.1 Å². The van der Waals surface area contributed by atoms with Crippen molar-refractivity contribution in [3.05, 3.63) is 23.8 Å². The Morgan fingerprint density at radius 1 is 1.39 bits per heavy atom. The smallest absolute Gasteiger partial charge is 0.422 e. The number of alkyl halides is 3. The fourth-order valence-electron chi connectivity index (χ4n) is 2.35. The molecule has 1 aromatic rings. The molecule has 8 heteroatoms. The Bertz CT molecular complexity index is 532. The number of halogens is 4. The van der Waals surface area contributed by atoms with E-state index >= 15 is 0 Å². The summed E-state index contributed by atoms with van der Waals surface area (Å²) < 4.78 is 41.2. The quantitative estimate of drug-likeness (QED) is 0.872. The number of anilines is 1. The summed E-state index contributed by atoms with van der Waals surface area (Å²) in [5.74, 6) is 0.0363. The third kappa shape index (κ3) is 6.27. The van der Waals surface area contributed by atoms with Crippen LogP contribution in [0.25, 0.3) is 0 Å². The summed E-state index contributed by atoms with van der Waals surface area (Å²) in [6.45, 7) is 1.13. The second kappa shape index (κ2) is 8.40. The van der Waals surface area contributed by atoms with Gasteiger partial charge in [0, 0.05) is 5.69 Å². The molecule has 0 radical (unpaired) electrons. The minimum absolute atomic E-state index is 0. The number of piperidine rings is 1. The van der Waals surface area contributed by atoms with Gasteiger partial charge in [0.25, 0.3) is 0 Å². The van der Waals surface area contributed by atoms with Gasteiger partial charge >= 0.3 is 6.18 Å². The maximum Gasteiger partial charge on any atom is 0.422 e. The van der Waals surface area contributed by atoms with Crippen LogP contribution in [-0.4, -0.2) is 31.3 Å². The predicted molar refractivity (Wildman–Crippen MR) is 84.2 cm³/mol. The Hall–Kier alpha value is -1.47. The molecule has 1 amide bonds. The lowest BCUT2D eigenvalue weighted by atomic mass is 10.0. The zero-order valence-corrected chi connectivity index (χ0v) is 13.5. The van der Waals surface area contributed by atoms with Crippen molar-refractivity contribution < 1.29 is 22.7 Å². The second-order valence-electron chi connectivity index (χ2n) is 5.38. The monoisotopic (exact) mass is 352 g/mol. The van der Waals surface area contributed by atoms with Crippen molar-refractivity contribution in [1.29, 1.82) is 0 Å². The highest BCUT2D eigenvalue weighted by molar-refractivity contribution is 5.95. The normalized spacial score (nSPS) is 18.0. The van der Waals surface area contributed by atoms with Gasteiger partial charge in [0.05, 0.1) is 6.04 Å². The maximum atomic E-state index is 12.1. The zero-order valence-electron chi connectivity index (χ0n) is 12.7. The minimum Gasteiger partial charge on any atom is -0.484 e. The average Bonchev–Trinajstić information content (AvgIpc) is 2.46. The number of amides is 1. The standard InChI is InChI=1S/C15H19F3N2O2.ClH/c1-10-8-11(5-6-13(10)22-9-15(16,17)18)20-14(21)12-4-2-3-7-19-12;/h5-6,8,12,19H,2-4,7,9H2,1H3,(H,20,21);1H. The van der Waals surface area contributed by atoms with Crippen molar-refractivity contribution in [3.63, 3.8) is 0 Å². The third-order valence-electron chi connectivity index (χ3n) is 3.46. The van der Waals surface area contributed by atoms with Gasteiger partial charge in [-0.1, -0.05) is 6.42 Å². The molecule has 1 aliphatic rings. The Kier molecular flexibility index (Phi) is 7.15. The molecule has 0 bridgehead atoms. The number of carbonyl (C=O) groups is 1. The Morgan fingerprint density at radius 3 is 2.70 bits per heavy atom. The van der Waals surface area contributed by atoms with Crippen LogP contribution in [-0.2, 0) is 4.79 Å². The molecule has 0 aliphatic carbocycles. The summed E-state index contributed by atoms with van der Waals surface area (Å²) in [5, 5.41) is 5.91. The lowest BCUT2D eigenvalue weighted by molar-refractivity contribution is -0.153. The molecule has 1 saturated heterocycles. The van der Waals surface area contributed by atoms with E-state index in [0.717, 1.165) is 25.8 Å². The SMILES string of the molecule is Cc1cc(NC(=O)C2CCCCN2)ccc1OCC(F)(F)F.Cl. The van der Waals surface area contributed by atoms with Crippen LogP contribution in [0.4, 0.5) is 18.9 Å². The Labute approximate surface area is 139 Å². The third-order valence-corrected chi connectivity index (χ3v) is 3.46. The highest BCUT2D eigenvalue weighted by Crippen LogP contribution is 2.25. The fourth-order valence-corrected chi connectivity index (χ4v) is 2.35. The Morgan fingerprint density at radius 2 is 2.13 bits per heavy atom. The van der Waals surface area contributed by atoms with Crippen LogP contribution >= 0.6 is 12.4 Å². The average molecular weight is 353 g/mol. The van der Waals surface area contributed by atoms with Gasteiger partial charge in [-0.05, 0) is 50.1 Å². The first kappa shape index (κ1) is 19.6. The molecule has 23 heavy (non-hydrogen) atoms. The van der Waals surface area contributed by atoms with Crippen LogP contribution < -0.4 is 15.4 Å². The number of ether oxygens (including phenoxy) is 1. The van der Waals surface area contributed by atoms with Gasteiger partial charge in [-0.2, -0.15) is 13.2 Å². The fraction of sp³-hybridized carbons (Fsp3) is 0.533. The van der Waals surface area contributed by atoms with E-state index in [1.807, 2.05) is 0 Å². The number of hydrogen-bond donors (Lipinski definition) is 2. The van der Waals surface area contributed by atoms with E-state index in [1.54, 1.807) is 19.1 Å². The van der Waals surface area contributed by atoms with Crippen molar-refractivity contribution in [2.75, 3.05) is 18.5 Å². The zero-order chi connectivity index (χ0) is 16.2. The minimum atomic E-state index is -4.37.